The van der Waals surface area contributed by atoms with Crippen molar-refractivity contribution < 1.29 is 4.79 Å². The molecule has 3 aliphatic rings. The molecule has 25 heavy (non-hydrogen) atoms. The number of halogens is 1. The molecule has 1 heterocycles. The highest BCUT2D eigenvalue weighted by atomic mass is 35.5. The van der Waals surface area contributed by atoms with E-state index in [2.05, 4.69) is 22.3 Å². The van der Waals surface area contributed by atoms with Crippen molar-refractivity contribution in [2.45, 2.75) is 57.5 Å². The molecule has 2 aliphatic carbocycles. The molecule has 2 bridgehead atoms. The van der Waals surface area contributed by atoms with Crippen LogP contribution < -0.4 is 5.32 Å². The number of piperidine rings is 1. The zero-order valence-electron chi connectivity index (χ0n) is 14.9. The van der Waals surface area contributed by atoms with Crippen LogP contribution in [0, 0.1) is 17.8 Å². The molecule has 1 aromatic rings. The number of nitrogens with zero attached hydrogens (tertiary/aromatic N) is 1. The summed E-state index contributed by atoms with van der Waals surface area (Å²) in [5.41, 5.74) is 1.31. The van der Waals surface area contributed by atoms with Crippen molar-refractivity contribution in [2.24, 2.45) is 17.8 Å². The van der Waals surface area contributed by atoms with E-state index in [1.54, 1.807) is 0 Å². The number of hydrogen-bond acceptors (Lipinski definition) is 2. The lowest BCUT2D eigenvalue weighted by molar-refractivity contribution is -0.123. The van der Waals surface area contributed by atoms with Crippen LogP contribution in [0.1, 0.15) is 50.5 Å². The number of fused-ring (bicyclic) bond motifs is 2. The average molecular weight is 361 g/mol. The number of carbonyl (C=O) groups excluding carboxylic acids is 1. The Morgan fingerprint density at radius 1 is 1.08 bits per heavy atom. The lowest BCUT2D eigenvalue weighted by atomic mass is 9.86. The third kappa shape index (κ3) is 4.38. The van der Waals surface area contributed by atoms with E-state index in [4.69, 9.17) is 11.6 Å². The highest BCUT2D eigenvalue weighted by Gasteiger charge is 2.40. The van der Waals surface area contributed by atoms with Gasteiger partial charge in [-0.2, -0.15) is 0 Å². The van der Waals surface area contributed by atoms with E-state index < -0.39 is 0 Å². The van der Waals surface area contributed by atoms with Gasteiger partial charge in [-0.1, -0.05) is 30.2 Å². The molecule has 0 unspecified atom stereocenters. The van der Waals surface area contributed by atoms with Crippen LogP contribution in [0.15, 0.2) is 24.3 Å². The predicted molar refractivity (Wildman–Crippen MR) is 101 cm³/mol. The molecule has 2 saturated carbocycles. The molecule has 0 radical (unpaired) electrons. The number of hydrogen-bond donors (Lipinski definition) is 1. The van der Waals surface area contributed by atoms with Crippen LogP contribution in [0.5, 0.6) is 0 Å². The normalized spacial score (nSPS) is 29.9. The van der Waals surface area contributed by atoms with Crippen LogP contribution in [-0.2, 0) is 11.3 Å². The SMILES string of the molecule is O=C(C[C@@H]1C[C@H]2CC[C@@H]1C2)NC1CCN(Cc2ccc(Cl)cc2)CC1. The number of nitrogens with one attached hydrogen (secondary N) is 1. The molecular weight excluding hydrogens is 332 g/mol. The summed E-state index contributed by atoms with van der Waals surface area (Å²) < 4.78 is 0. The molecule has 3 nitrogen and oxygen atoms in total. The summed E-state index contributed by atoms with van der Waals surface area (Å²) in [4.78, 5) is 14.9. The van der Waals surface area contributed by atoms with Crippen molar-refractivity contribution in [1.29, 1.82) is 0 Å². The van der Waals surface area contributed by atoms with Gasteiger partial charge in [-0.3, -0.25) is 9.69 Å². The summed E-state index contributed by atoms with van der Waals surface area (Å²) in [6.45, 7) is 3.09. The molecule has 1 aromatic carbocycles. The van der Waals surface area contributed by atoms with Crippen LogP contribution in [-0.4, -0.2) is 29.9 Å². The Balaban J connectivity index is 1.18. The first-order valence-electron chi connectivity index (χ1n) is 9.92. The van der Waals surface area contributed by atoms with Gasteiger partial charge in [-0.05, 0) is 67.6 Å². The minimum Gasteiger partial charge on any atom is -0.353 e. The highest BCUT2D eigenvalue weighted by Crippen LogP contribution is 2.49. The number of rotatable bonds is 5. The van der Waals surface area contributed by atoms with Crippen LogP contribution in [0.2, 0.25) is 5.02 Å². The molecule has 1 amide bonds. The van der Waals surface area contributed by atoms with Crippen molar-refractivity contribution in [1.82, 2.24) is 10.2 Å². The van der Waals surface area contributed by atoms with Gasteiger partial charge in [0.2, 0.25) is 5.91 Å². The van der Waals surface area contributed by atoms with Crippen LogP contribution in [0.25, 0.3) is 0 Å². The molecule has 3 atom stereocenters. The molecule has 0 spiro atoms. The number of amides is 1. The van der Waals surface area contributed by atoms with Crippen molar-refractivity contribution in [2.75, 3.05) is 13.1 Å². The first kappa shape index (κ1) is 17.4. The zero-order chi connectivity index (χ0) is 17.2. The fourth-order valence-electron chi connectivity index (χ4n) is 5.23. The van der Waals surface area contributed by atoms with Crippen LogP contribution in [0.3, 0.4) is 0 Å². The Hall–Kier alpha value is -1.06. The monoisotopic (exact) mass is 360 g/mol. The summed E-state index contributed by atoms with van der Waals surface area (Å²) >= 11 is 5.95. The van der Waals surface area contributed by atoms with E-state index in [-0.39, 0.29) is 0 Å². The third-order valence-electron chi connectivity index (χ3n) is 6.60. The predicted octanol–water partition coefficient (Wildman–Crippen LogP) is 4.25. The molecule has 4 rings (SSSR count). The van der Waals surface area contributed by atoms with E-state index in [9.17, 15) is 4.79 Å². The van der Waals surface area contributed by atoms with Crippen molar-refractivity contribution >= 4 is 17.5 Å². The summed E-state index contributed by atoms with van der Waals surface area (Å²) in [5, 5.41) is 4.11. The standard InChI is InChI=1S/C21H29ClN2O/c22-19-5-2-15(3-6-19)14-24-9-7-20(8-10-24)23-21(25)13-18-12-16-1-4-17(18)11-16/h2-3,5-6,16-18,20H,1,4,7-14H2,(H,23,25)/t16-,17+,18-/m0/s1. The Morgan fingerprint density at radius 2 is 1.84 bits per heavy atom. The van der Waals surface area contributed by atoms with Crippen molar-refractivity contribution in [3.05, 3.63) is 34.9 Å². The second-order valence-corrected chi connectivity index (χ2v) is 8.82. The largest absolute Gasteiger partial charge is 0.353 e. The summed E-state index contributed by atoms with van der Waals surface area (Å²) in [5.74, 6) is 2.74. The van der Waals surface area contributed by atoms with Crippen LogP contribution >= 0.6 is 11.6 Å². The molecule has 1 N–H and O–H groups in total. The van der Waals surface area contributed by atoms with Gasteiger partial charge < -0.3 is 5.32 Å². The second kappa shape index (κ2) is 7.67. The minimum absolute atomic E-state index is 0.300. The fraction of sp³-hybridized carbons (Fsp3) is 0.667. The van der Waals surface area contributed by atoms with Gasteiger partial charge in [-0.15, -0.1) is 0 Å². The van der Waals surface area contributed by atoms with Gasteiger partial charge in [0.05, 0.1) is 0 Å². The van der Waals surface area contributed by atoms with Gasteiger partial charge in [0.15, 0.2) is 0 Å². The van der Waals surface area contributed by atoms with Gasteiger partial charge in [-0.25, -0.2) is 0 Å². The molecular formula is C21H29ClN2O. The van der Waals surface area contributed by atoms with Crippen molar-refractivity contribution in [3.8, 4) is 0 Å². The second-order valence-electron chi connectivity index (χ2n) is 8.38. The first-order chi connectivity index (χ1) is 12.2. The Kier molecular flexibility index (Phi) is 5.33. The maximum atomic E-state index is 12.4. The van der Waals surface area contributed by atoms with Gasteiger partial charge >= 0.3 is 0 Å². The molecule has 4 heteroatoms. The lowest BCUT2D eigenvalue weighted by Gasteiger charge is -2.33. The van der Waals surface area contributed by atoms with E-state index in [1.807, 2.05) is 12.1 Å². The highest BCUT2D eigenvalue weighted by molar-refractivity contribution is 6.30. The van der Waals surface area contributed by atoms with Crippen LogP contribution in [0.4, 0.5) is 0 Å². The minimum atomic E-state index is 0.300. The fourth-order valence-corrected chi connectivity index (χ4v) is 5.36. The third-order valence-corrected chi connectivity index (χ3v) is 6.86. The lowest BCUT2D eigenvalue weighted by Crippen LogP contribution is -2.44. The number of benzene rings is 1. The van der Waals surface area contributed by atoms with E-state index >= 15 is 0 Å². The van der Waals surface area contributed by atoms with Crippen molar-refractivity contribution in [3.63, 3.8) is 0 Å². The maximum Gasteiger partial charge on any atom is 0.220 e. The number of likely N-dealkylation sites (tertiary alicyclic amines) is 1. The van der Waals surface area contributed by atoms with E-state index in [0.29, 0.717) is 17.9 Å². The maximum absolute atomic E-state index is 12.4. The number of carbonyl (C=O) groups is 1. The average Bonchev–Trinajstić information content (AvgIpc) is 3.21. The topological polar surface area (TPSA) is 32.3 Å². The smallest absolute Gasteiger partial charge is 0.220 e. The van der Waals surface area contributed by atoms with E-state index in [1.165, 1.54) is 31.2 Å². The molecule has 3 fully saturated rings. The molecule has 136 valence electrons. The Bertz CT molecular complexity index is 594. The quantitative estimate of drug-likeness (QED) is 0.851. The summed E-state index contributed by atoms with van der Waals surface area (Å²) in [6.07, 6.45) is 8.37. The molecule has 0 aromatic heterocycles. The first-order valence-corrected chi connectivity index (χ1v) is 10.3. The molecule has 1 saturated heterocycles. The summed E-state index contributed by atoms with van der Waals surface area (Å²) in [6, 6.07) is 8.49. The summed E-state index contributed by atoms with van der Waals surface area (Å²) in [7, 11) is 0. The Morgan fingerprint density at radius 3 is 2.48 bits per heavy atom. The Labute approximate surface area is 156 Å². The zero-order valence-corrected chi connectivity index (χ0v) is 15.7. The van der Waals surface area contributed by atoms with E-state index in [0.717, 1.165) is 55.8 Å². The van der Waals surface area contributed by atoms with Gasteiger partial charge in [0.25, 0.3) is 0 Å². The molecule has 1 aliphatic heterocycles. The van der Waals surface area contributed by atoms with Gasteiger partial charge in [0.1, 0.15) is 0 Å². The van der Waals surface area contributed by atoms with Gasteiger partial charge in [0, 0.05) is 37.1 Å².